The Hall–Kier alpha value is -2.57. The lowest BCUT2D eigenvalue weighted by Gasteiger charge is -2.27. The summed E-state index contributed by atoms with van der Waals surface area (Å²) in [5.41, 5.74) is 2.64. The van der Waals surface area contributed by atoms with Crippen LogP contribution in [0.1, 0.15) is 48.8 Å². The molecule has 170 valence electrons. The molecule has 2 unspecified atom stereocenters. The van der Waals surface area contributed by atoms with Gasteiger partial charge in [-0.15, -0.1) is 0 Å². The maximum absolute atomic E-state index is 13.6. The molecule has 32 heavy (non-hydrogen) atoms. The number of rotatable bonds is 7. The van der Waals surface area contributed by atoms with Crippen LogP contribution >= 0.6 is 23.2 Å². The predicted octanol–water partition coefficient (Wildman–Crippen LogP) is 4.30. The van der Waals surface area contributed by atoms with Gasteiger partial charge in [-0.1, -0.05) is 61.3 Å². The van der Waals surface area contributed by atoms with Gasteiger partial charge in [0.15, 0.2) is 0 Å². The molecule has 0 saturated carbocycles. The van der Waals surface area contributed by atoms with Gasteiger partial charge in [-0.2, -0.15) is 0 Å². The van der Waals surface area contributed by atoms with E-state index in [1.807, 2.05) is 44.2 Å². The van der Waals surface area contributed by atoms with Crippen LogP contribution in [0.15, 0.2) is 42.5 Å². The molecule has 0 spiro atoms. The first kappa shape index (κ1) is 24.1. The van der Waals surface area contributed by atoms with Crippen LogP contribution in [0, 0.1) is 5.92 Å². The zero-order valence-electron chi connectivity index (χ0n) is 18.0. The fourth-order valence-corrected chi connectivity index (χ4v) is 4.64. The van der Waals surface area contributed by atoms with Crippen LogP contribution in [0.25, 0.3) is 0 Å². The van der Waals surface area contributed by atoms with Crippen LogP contribution in [0.5, 0.6) is 0 Å². The van der Waals surface area contributed by atoms with Crippen LogP contribution in [-0.2, 0) is 14.4 Å². The second-order valence-electron chi connectivity index (χ2n) is 8.42. The molecule has 2 amide bonds. The molecule has 3 rings (SSSR count). The van der Waals surface area contributed by atoms with E-state index in [0.717, 1.165) is 16.7 Å². The van der Waals surface area contributed by atoms with E-state index in [1.54, 1.807) is 12.1 Å². The number of carboxylic acid groups (broad SMARTS) is 1. The minimum atomic E-state index is -1.14. The number of nitrogens with one attached hydrogen (secondary N) is 1. The number of carbonyl (C=O) groups excluding carboxylic acids is 2. The van der Waals surface area contributed by atoms with Gasteiger partial charge in [0.25, 0.3) is 0 Å². The Morgan fingerprint density at radius 1 is 1.12 bits per heavy atom. The Bertz CT molecular complexity index is 1020. The minimum absolute atomic E-state index is 0.165. The number of hydrogen-bond acceptors (Lipinski definition) is 3. The van der Waals surface area contributed by atoms with E-state index >= 15 is 0 Å². The normalized spacial score (nSPS) is 18.3. The molecule has 0 fully saturated rings. The molecular formula is C24H26Cl2N2O4. The molecule has 2 atom stereocenters. The summed E-state index contributed by atoms with van der Waals surface area (Å²) >= 11 is 12.9. The van der Waals surface area contributed by atoms with Crippen molar-refractivity contribution in [3.05, 3.63) is 69.2 Å². The van der Waals surface area contributed by atoms with Gasteiger partial charge in [-0.3, -0.25) is 14.4 Å². The Balaban J connectivity index is 2.08. The quantitative estimate of drug-likeness (QED) is 0.623. The highest BCUT2D eigenvalue weighted by Gasteiger charge is 2.37. The van der Waals surface area contributed by atoms with Crippen molar-refractivity contribution in [2.24, 2.45) is 5.92 Å². The number of halogens is 2. The third-order valence-electron chi connectivity index (χ3n) is 5.57. The molecule has 2 aromatic rings. The van der Waals surface area contributed by atoms with E-state index in [2.05, 4.69) is 5.32 Å². The fourth-order valence-electron chi connectivity index (χ4n) is 4.20. The van der Waals surface area contributed by atoms with Crippen molar-refractivity contribution in [3.63, 3.8) is 0 Å². The van der Waals surface area contributed by atoms with E-state index in [0.29, 0.717) is 16.5 Å². The topological polar surface area (TPSA) is 86.7 Å². The summed E-state index contributed by atoms with van der Waals surface area (Å²) in [5, 5.41) is 12.3. The van der Waals surface area contributed by atoms with E-state index < -0.39 is 24.3 Å². The molecule has 8 heteroatoms. The molecule has 0 saturated heterocycles. The SMILES string of the molecule is CC(C)CC1C(=O)N(CC(=O)NCC(=O)O)CC(c2ccccc2Cl)c2cc(Cl)ccc21. The molecule has 2 N–H and O–H groups in total. The highest BCUT2D eigenvalue weighted by Crippen LogP contribution is 2.41. The largest absolute Gasteiger partial charge is 0.480 e. The third kappa shape index (κ3) is 5.61. The van der Waals surface area contributed by atoms with Crippen LogP contribution in [-0.4, -0.2) is 47.4 Å². The fraction of sp³-hybridized carbons (Fsp3) is 0.375. The molecule has 1 aliphatic heterocycles. The summed E-state index contributed by atoms with van der Waals surface area (Å²) in [6.07, 6.45) is 0.607. The standard InChI is InChI=1S/C24H26Cl2N2O4/c1-14(2)9-19-16-8-7-15(25)10-18(16)20(17-5-3-4-6-21(17)26)12-28(24(19)32)13-22(29)27-11-23(30)31/h3-8,10,14,19-20H,9,11-13H2,1-2H3,(H,27,29)(H,30,31). The molecule has 0 bridgehead atoms. The number of hydrogen-bond donors (Lipinski definition) is 2. The second-order valence-corrected chi connectivity index (χ2v) is 9.26. The number of carbonyl (C=O) groups is 3. The maximum Gasteiger partial charge on any atom is 0.322 e. The summed E-state index contributed by atoms with van der Waals surface area (Å²) in [4.78, 5) is 38.4. The molecule has 6 nitrogen and oxygen atoms in total. The van der Waals surface area contributed by atoms with E-state index in [1.165, 1.54) is 4.90 Å². The lowest BCUT2D eigenvalue weighted by atomic mass is 9.82. The van der Waals surface area contributed by atoms with Crippen molar-refractivity contribution < 1.29 is 19.5 Å². The Morgan fingerprint density at radius 3 is 2.50 bits per heavy atom. The first-order valence-corrected chi connectivity index (χ1v) is 11.2. The van der Waals surface area contributed by atoms with Crippen molar-refractivity contribution in [3.8, 4) is 0 Å². The number of benzene rings is 2. The monoisotopic (exact) mass is 476 g/mol. The number of amides is 2. The van der Waals surface area contributed by atoms with Gasteiger partial charge in [-0.25, -0.2) is 0 Å². The molecule has 2 aromatic carbocycles. The van der Waals surface area contributed by atoms with Crippen molar-refractivity contribution in [1.29, 1.82) is 0 Å². The molecule has 0 aliphatic carbocycles. The van der Waals surface area contributed by atoms with Gasteiger partial charge in [0.2, 0.25) is 11.8 Å². The average Bonchev–Trinajstić information content (AvgIpc) is 2.83. The van der Waals surface area contributed by atoms with E-state index in [4.69, 9.17) is 28.3 Å². The van der Waals surface area contributed by atoms with Crippen LogP contribution in [0.3, 0.4) is 0 Å². The summed E-state index contributed by atoms with van der Waals surface area (Å²) < 4.78 is 0. The molecule has 1 aliphatic rings. The minimum Gasteiger partial charge on any atom is -0.480 e. The zero-order valence-corrected chi connectivity index (χ0v) is 19.5. The predicted molar refractivity (Wildman–Crippen MR) is 124 cm³/mol. The summed E-state index contributed by atoms with van der Waals surface area (Å²) in [7, 11) is 0. The van der Waals surface area contributed by atoms with E-state index in [-0.39, 0.29) is 30.8 Å². The third-order valence-corrected chi connectivity index (χ3v) is 6.15. The van der Waals surface area contributed by atoms with Crippen molar-refractivity contribution in [2.75, 3.05) is 19.6 Å². The van der Waals surface area contributed by atoms with Crippen molar-refractivity contribution >= 4 is 41.0 Å². The van der Waals surface area contributed by atoms with Crippen molar-refractivity contribution in [1.82, 2.24) is 10.2 Å². The van der Waals surface area contributed by atoms with Crippen LogP contribution < -0.4 is 5.32 Å². The van der Waals surface area contributed by atoms with Gasteiger partial charge in [0.05, 0.1) is 12.5 Å². The highest BCUT2D eigenvalue weighted by atomic mass is 35.5. The number of aliphatic carboxylic acids is 1. The van der Waals surface area contributed by atoms with Crippen molar-refractivity contribution in [2.45, 2.75) is 32.1 Å². The Morgan fingerprint density at radius 2 is 1.84 bits per heavy atom. The van der Waals surface area contributed by atoms with Gasteiger partial charge < -0.3 is 15.3 Å². The lowest BCUT2D eigenvalue weighted by Crippen LogP contribution is -2.44. The average molecular weight is 477 g/mol. The van der Waals surface area contributed by atoms with Gasteiger partial charge in [0.1, 0.15) is 6.54 Å². The second kappa shape index (κ2) is 10.4. The smallest absolute Gasteiger partial charge is 0.322 e. The van der Waals surface area contributed by atoms with Gasteiger partial charge in [0, 0.05) is 22.5 Å². The maximum atomic E-state index is 13.6. The molecule has 1 heterocycles. The Labute approximate surface area is 197 Å². The first-order valence-electron chi connectivity index (χ1n) is 10.5. The summed E-state index contributed by atoms with van der Waals surface area (Å²) in [6.45, 7) is 3.58. The van der Waals surface area contributed by atoms with Gasteiger partial charge >= 0.3 is 5.97 Å². The highest BCUT2D eigenvalue weighted by molar-refractivity contribution is 6.31. The lowest BCUT2D eigenvalue weighted by molar-refractivity contribution is -0.139. The molecule has 0 radical (unpaired) electrons. The van der Waals surface area contributed by atoms with Crippen LogP contribution in [0.2, 0.25) is 10.0 Å². The molecule has 0 aromatic heterocycles. The zero-order chi connectivity index (χ0) is 23.4. The van der Waals surface area contributed by atoms with Crippen LogP contribution in [0.4, 0.5) is 0 Å². The first-order chi connectivity index (χ1) is 15.2. The summed E-state index contributed by atoms with van der Waals surface area (Å²) in [5.74, 6) is -2.32. The number of fused-ring (bicyclic) bond motifs is 1. The van der Waals surface area contributed by atoms with Gasteiger partial charge in [-0.05, 0) is 47.2 Å². The molecular weight excluding hydrogens is 451 g/mol. The Kier molecular flexibility index (Phi) is 7.80. The van der Waals surface area contributed by atoms with E-state index in [9.17, 15) is 14.4 Å². The number of nitrogens with zero attached hydrogens (tertiary/aromatic N) is 1. The number of carboxylic acids is 1. The summed E-state index contributed by atoms with van der Waals surface area (Å²) in [6, 6.07) is 13.0.